The molecule has 2 aliphatic rings. The summed E-state index contributed by atoms with van der Waals surface area (Å²) >= 11 is 5.88. The van der Waals surface area contributed by atoms with Gasteiger partial charge in [-0.3, -0.25) is 0 Å². The summed E-state index contributed by atoms with van der Waals surface area (Å²) in [5, 5.41) is 3.30. The van der Waals surface area contributed by atoms with E-state index in [1.807, 2.05) is 0 Å². The van der Waals surface area contributed by atoms with Gasteiger partial charge in [0.05, 0.1) is 5.02 Å². The maximum atomic E-state index is 13.1. The second kappa shape index (κ2) is 5.26. The number of piperidine rings is 1. The first-order chi connectivity index (χ1) is 9.48. The van der Waals surface area contributed by atoms with Crippen molar-refractivity contribution in [3.63, 3.8) is 0 Å². The van der Waals surface area contributed by atoms with Gasteiger partial charge in [0.2, 0.25) is 10.0 Å². The molecule has 1 N–H and O–H groups in total. The van der Waals surface area contributed by atoms with Crippen LogP contribution < -0.4 is 5.32 Å². The van der Waals surface area contributed by atoms with Gasteiger partial charge in [0.1, 0.15) is 10.7 Å². The lowest BCUT2D eigenvalue weighted by Crippen LogP contribution is -2.41. The standard InChI is InChI=1S/C13H16ClFN2O2S/c14-11-6-10(15)3-4-13(11)20(18,19)17-7-9-2-1-5-16-12(9)8-17/h3-4,6,9,12,16H,1-2,5,7-8H2/t9-,12+/m0/s1. The number of hydrogen-bond donors (Lipinski definition) is 1. The fraction of sp³-hybridized carbons (Fsp3) is 0.538. The Labute approximate surface area is 123 Å². The molecule has 2 fully saturated rings. The Morgan fingerprint density at radius 2 is 2.15 bits per heavy atom. The molecule has 0 aromatic heterocycles. The SMILES string of the molecule is O=S(=O)(c1ccc(F)cc1Cl)N1C[C@@H]2CCCN[C@@H]2C1. The third-order valence-corrected chi connectivity index (χ3v) is 6.39. The molecule has 2 heterocycles. The van der Waals surface area contributed by atoms with Crippen LogP contribution in [0.4, 0.5) is 4.39 Å². The topological polar surface area (TPSA) is 49.4 Å². The largest absolute Gasteiger partial charge is 0.312 e. The minimum Gasteiger partial charge on any atom is -0.312 e. The Morgan fingerprint density at radius 3 is 2.85 bits per heavy atom. The number of fused-ring (bicyclic) bond motifs is 1. The minimum absolute atomic E-state index is 0.0146. The van der Waals surface area contributed by atoms with Gasteiger partial charge in [-0.05, 0) is 43.5 Å². The van der Waals surface area contributed by atoms with Crippen LogP contribution >= 0.6 is 11.6 Å². The highest BCUT2D eigenvalue weighted by atomic mass is 35.5. The van der Waals surface area contributed by atoms with E-state index in [0.717, 1.165) is 31.5 Å². The summed E-state index contributed by atoms with van der Waals surface area (Å²) in [4.78, 5) is -0.0146. The van der Waals surface area contributed by atoms with Crippen LogP contribution in [0.2, 0.25) is 5.02 Å². The van der Waals surface area contributed by atoms with Gasteiger partial charge in [-0.1, -0.05) is 11.6 Å². The zero-order valence-corrected chi connectivity index (χ0v) is 12.4. The van der Waals surface area contributed by atoms with Crippen molar-refractivity contribution < 1.29 is 12.8 Å². The third kappa shape index (κ3) is 2.45. The first-order valence-corrected chi connectivity index (χ1v) is 8.49. The normalized spacial score (nSPS) is 27.5. The van der Waals surface area contributed by atoms with Crippen LogP contribution in [0, 0.1) is 11.7 Å². The second-order valence-electron chi connectivity index (χ2n) is 5.36. The van der Waals surface area contributed by atoms with Gasteiger partial charge in [0.15, 0.2) is 0 Å². The lowest BCUT2D eigenvalue weighted by atomic mass is 9.94. The van der Waals surface area contributed by atoms with Crippen LogP contribution in [-0.2, 0) is 10.0 Å². The van der Waals surface area contributed by atoms with E-state index in [2.05, 4.69) is 5.32 Å². The average Bonchev–Trinajstić information content (AvgIpc) is 2.82. The molecule has 0 saturated carbocycles. The predicted octanol–water partition coefficient (Wildman–Crippen LogP) is 1.85. The smallest absolute Gasteiger partial charge is 0.244 e. The first-order valence-electron chi connectivity index (χ1n) is 6.67. The van der Waals surface area contributed by atoms with Gasteiger partial charge in [-0.2, -0.15) is 4.31 Å². The van der Waals surface area contributed by atoms with Crippen LogP contribution in [0.25, 0.3) is 0 Å². The second-order valence-corrected chi connectivity index (χ2v) is 7.67. The Morgan fingerprint density at radius 1 is 1.35 bits per heavy atom. The fourth-order valence-electron chi connectivity index (χ4n) is 3.03. The quantitative estimate of drug-likeness (QED) is 0.905. The van der Waals surface area contributed by atoms with Crippen molar-refractivity contribution in [3.05, 3.63) is 29.0 Å². The van der Waals surface area contributed by atoms with E-state index in [1.54, 1.807) is 0 Å². The number of halogens is 2. The van der Waals surface area contributed by atoms with E-state index in [9.17, 15) is 12.8 Å². The molecule has 0 bridgehead atoms. The van der Waals surface area contributed by atoms with Gasteiger partial charge in [0, 0.05) is 19.1 Å². The number of rotatable bonds is 2. The highest BCUT2D eigenvalue weighted by molar-refractivity contribution is 7.89. The summed E-state index contributed by atoms with van der Waals surface area (Å²) < 4.78 is 39.7. The molecule has 0 radical (unpaired) electrons. The summed E-state index contributed by atoms with van der Waals surface area (Å²) in [6, 6.07) is 3.62. The van der Waals surface area contributed by atoms with Crippen LogP contribution in [-0.4, -0.2) is 38.4 Å². The molecule has 7 heteroatoms. The monoisotopic (exact) mass is 318 g/mol. The van der Waals surface area contributed by atoms with E-state index < -0.39 is 15.8 Å². The fourth-order valence-corrected chi connectivity index (χ4v) is 5.05. The molecule has 4 nitrogen and oxygen atoms in total. The molecule has 1 aromatic rings. The molecular formula is C13H16ClFN2O2S. The Kier molecular flexibility index (Phi) is 3.75. The number of hydrogen-bond acceptors (Lipinski definition) is 3. The highest BCUT2D eigenvalue weighted by Crippen LogP contribution is 2.32. The van der Waals surface area contributed by atoms with Crippen LogP contribution in [0.1, 0.15) is 12.8 Å². The van der Waals surface area contributed by atoms with Crippen molar-refractivity contribution in [2.75, 3.05) is 19.6 Å². The average molecular weight is 319 g/mol. The molecule has 0 spiro atoms. The number of benzene rings is 1. The number of nitrogens with zero attached hydrogens (tertiary/aromatic N) is 1. The van der Waals surface area contributed by atoms with Gasteiger partial charge in [-0.25, -0.2) is 12.8 Å². The highest BCUT2D eigenvalue weighted by Gasteiger charge is 2.40. The summed E-state index contributed by atoms with van der Waals surface area (Å²) in [5.74, 6) is -0.177. The lowest BCUT2D eigenvalue weighted by molar-refractivity contribution is 0.339. The van der Waals surface area contributed by atoms with Crippen LogP contribution in [0.3, 0.4) is 0 Å². The van der Waals surface area contributed by atoms with E-state index >= 15 is 0 Å². The Bertz CT molecular complexity index is 609. The molecule has 110 valence electrons. The van der Waals surface area contributed by atoms with E-state index in [0.29, 0.717) is 19.0 Å². The zero-order valence-electron chi connectivity index (χ0n) is 10.9. The molecular weight excluding hydrogens is 303 g/mol. The van der Waals surface area contributed by atoms with Crippen molar-refractivity contribution in [3.8, 4) is 0 Å². The third-order valence-electron chi connectivity index (χ3n) is 4.08. The molecule has 2 aliphatic heterocycles. The van der Waals surface area contributed by atoms with E-state index in [1.165, 1.54) is 10.4 Å². The van der Waals surface area contributed by atoms with Gasteiger partial charge < -0.3 is 5.32 Å². The van der Waals surface area contributed by atoms with Crippen LogP contribution in [0.15, 0.2) is 23.1 Å². The molecule has 0 unspecified atom stereocenters. The summed E-state index contributed by atoms with van der Waals surface area (Å²) in [6.07, 6.45) is 2.12. The Hall–Kier alpha value is -0.690. The zero-order chi connectivity index (χ0) is 14.3. The number of sulfonamides is 1. The first kappa shape index (κ1) is 14.3. The lowest BCUT2D eigenvalue weighted by Gasteiger charge is -2.24. The summed E-state index contributed by atoms with van der Waals surface area (Å²) in [5.41, 5.74) is 0. The summed E-state index contributed by atoms with van der Waals surface area (Å²) in [6.45, 7) is 1.90. The van der Waals surface area contributed by atoms with Crippen molar-refractivity contribution in [1.29, 1.82) is 0 Å². The van der Waals surface area contributed by atoms with Gasteiger partial charge in [0.25, 0.3) is 0 Å². The Balaban J connectivity index is 1.89. The van der Waals surface area contributed by atoms with E-state index in [-0.39, 0.29) is 16.0 Å². The summed E-state index contributed by atoms with van der Waals surface area (Å²) in [7, 11) is -3.65. The maximum absolute atomic E-state index is 13.1. The molecule has 2 saturated heterocycles. The van der Waals surface area contributed by atoms with Crippen LogP contribution in [0.5, 0.6) is 0 Å². The molecule has 3 rings (SSSR count). The van der Waals surface area contributed by atoms with E-state index in [4.69, 9.17) is 11.6 Å². The number of nitrogens with one attached hydrogen (secondary N) is 1. The van der Waals surface area contributed by atoms with Crippen molar-refractivity contribution in [2.45, 2.75) is 23.8 Å². The predicted molar refractivity (Wildman–Crippen MR) is 74.7 cm³/mol. The minimum atomic E-state index is -3.65. The molecule has 1 aromatic carbocycles. The molecule has 0 aliphatic carbocycles. The van der Waals surface area contributed by atoms with Gasteiger partial charge >= 0.3 is 0 Å². The molecule has 20 heavy (non-hydrogen) atoms. The maximum Gasteiger partial charge on any atom is 0.244 e. The van der Waals surface area contributed by atoms with Crippen molar-refractivity contribution in [1.82, 2.24) is 9.62 Å². The van der Waals surface area contributed by atoms with Gasteiger partial charge in [-0.15, -0.1) is 0 Å². The molecule has 2 atom stereocenters. The molecule has 0 amide bonds. The van der Waals surface area contributed by atoms with Crippen molar-refractivity contribution in [2.24, 2.45) is 5.92 Å². The van der Waals surface area contributed by atoms with Crippen molar-refractivity contribution >= 4 is 21.6 Å².